The van der Waals surface area contributed by atoms with Crippen molar-refractivity contribution in [3.63, 3.8) is 0 Å². The Morgan fingerprint density at radius 2 is 2.05 bits per heavy atom. The molecule has 0 spiro atoms. The maximum atomic E-state index is 11.3. The molecule has 2 heterocycles. The van der Waals surface area contributed by atoms with Crippen molar-refractivity contribution in [2.24, 2.45) is 0 Å². The number of carbonyl (C=O) groups is 1. The van der Waals surface area contributed by atoms with Crippen LogP contribution in [0.15, 0.2) is 12.3 Å². The molecule has 2 aromatic rings. The van der Waals surface area contributed by atoms with Gasteiger partial charge in [-0.2, -0.15) is 5.10 Å². The van der Waals surface area contributed by atoms with E-state index in [1.165, 1.54) is 12.3 Å². The Bertz CT molecular complexity index is 626. The van der Waals surface area contributed by atoms with Crippen LogP contribution in [0.25, 0.3) is 10.9 Å². The lowest BCUT2D eigenvalue weighted by Crippen LogP contribution is -2.25. The number of aromatic nitrogens is 3. The first-order valence-corrected chi connectivity index (χ1v) is 5.92. The molecular weight excluding hydrogens is 248 g/mol. The second-order valence-electron chi connectivity index (χ2n) is 3.94. The van der Waals surface area contributed by atoms with Crippen LogP contribution in [0.3, 0.4) is 0 Å². The Labute approximate surface area is 109 Å². The van der Waals surface area contributed by atoms with E-state index in [0.29, 0.717) is 24.4 Å². The van der Waals surface area contributed by atoms with Crippen molar-refractivity contribution in [1.29, 1.82) is 0 Å². The molecule has 2 N–H and O–H groups in total. The van der Waals surface area contributed by atoms with Crippen LogP contribution >= 0.6 is 0 Å². The van der Waals surface area contributed by atoms with Gasteiger partial charge >= 0.3 is 5.97 Å². The fraction of sp³-hybridized carbons (Fsp3) is 0.333. The second kappa shape index (κ2) is 5.05. The minimum Gasteiger partial charge on any atom is -0.492 e. The number of fused-ring (bicyclic) bond motifs is 1. The van der Waals surface area contributed by atoms with Crippen molar-refractivity contribution in [3.8, 4) is 5.88 Å². The van der Waals surface area contributed by atoms with Gasteiger partial charge in [0, 0.05) is 13.1 Å². The Morgan fingerprint density at radius 3 is 2.63 bits per heavy atom. The third-order valence-electron chi connectivity index (χ3n) is 2.90. The monoisotopic (exact) mass is 262 g/mol. The summed E-state index contributed by atoms with van der Waals surface area (Å²) in [5, 5.41) is 26.2. The second-order valence-corrected chi connectivity index (χ2v) is 3.94. The van der Waals surface area contributed by atoms with Gasteiger partial charge in [0.15, 0.2) is 0 Å². The van der Waals surface area contributed by atoms with Crippen molar-refractivity contribution in [2.45, 2.75) is 13.8 Å². The molecule has 0 atom stereocenters. The number of carboxylic acids is 1. The number of aromatic hydroxyl groups is 1. The molecule has 0 radical (unpaired) electrons. The molecule has 2 aromatic heterocycles. The van der Waals surface area contributed by atoms with E-state index in [1.54, 1.807) is 0 Å². The molecule has 7 nitrogen and oxygen atoms in total. The van der Waals surface area contributed by atoms with Crippen LogP contribution < -0.4 is 4.90 Å². The summed E-state index contributed by atoms with van der Waals surface area (Å²) in [4.78, 5) is 17.4. The molecule has 0 aromatic carbocycles. The predicted octanol–water partition coefficient (Wildman–Crippen LogP) is 1.27. The Balaban J connectivity index is 2.74. The summed E-state index contributed by atoms with van der Waals surface area (Å²) in [6.07, 6.45) is 1.40. The van der Waals surface area contributed by atoms with Crippen LogP contribution in [-0.4, -0.2) is 44.5 Å². The number of nitrogens with zero attached hydrogens (tertiary/aromatic N) is 4. The van der Waals surface area contributed by atoms with Crippen LogP contribution in [0.1, 0.15) is 24.2 Å². The summed E-state index contributed by atoms with van der Waals surface area (Å²) in [5.41, 5.74) is 0.457. The van der Waals surface area contributed by atoms with E-state index in [0.717, 1.165) is 0 Å². The molecule has 0 aliphatic heterocycles. The number of hydrogen-bond acceptors (Lipinski definition) is 6. The zero-order chi connectivity index (χ0) is 14.0. The molecule has 2 rings (SSSR count). The highest BCUT2D eigenvalue weighted by atomic mass is 16.4. The average molecular weight is 262 g/mol. The number of rotatable bonds is 4. The highest BCUT2D eigenvalue weighted by Gasteiger charge is 2.18. The minimum atomic E-state index is -1.09. The van der Waals surface area contributed by atoms with E-state index in [-0.39, 0.29) is 16.8 Å². The van der Waals surface area contributed by atoms with Gasteiger partial charge in [0.1, 0.15) is 11.4 Å². The molecule has 19 heavy (non-hydrogen) atoms. The van der Waals surface area contributed by atoms with Crippen LogP contribution in [0.2, 0.25) is 0 Å². The van der Waals surface area contributed by atoms with Gasteiger partial charge in [-0.3, -0.25) is 0 Å². The SMILES string of the molecule is CCN(CC)c1nc2cnnc(O)c2cc1C(=O)O. The molecule has 0 bridgehead atoms. The van der Waals surface area contributed by atoms with Gasteiger partial charge in [-0.25, -0.2) is 9.78 Å². The van der Waals surface area contributed by atoms with Crippen molar-refractivity contribution in [3.05, 3.63) is 17.8 Å². The fourth-order valence-electron chi connectivity index (χ4n) is 1.91. The molecule has 100 valence electrons. The molecule has 7 heteroatoms. The fourth-order valence-corrected chi connectivity index (χ4v) is 1.91. The van der Waals surface area contributed by atoms with Crippen LogP contribution in [0, 0.1) is 0 Å². The lowest BCUT2D eigenvalue weighted by molar-refractivity contribution is 0.0697. The van der Waals surface area contributed by atoms with E-state index >= 15 is 0 Å². The number of pyridine rings is 1. The highest BCUT2D eigenvalue weighted by Crippen LogP contribution is 2.26. The minimum absolute atomic E-state index is 0.0412. The lowest BCUT2D eigenvalue weighted by atomic mass is 10.1. The van der Waals surface area contributed by atoms with Gasteiger partial charge in [0.25, 0.3) is 0 Å². The summed E-state index contributed by atoms with van der Waals surface area (Å²) in [6.45, 7) is 5.12. The molecule has 0 aliphatic rings. The smallest absolute Gasteiger partial charge is 0.339 e. The first-order valence-electron chi connectivity index (χ1n) is 5.92. The quantitative estimate of drug-likeness (QED) is 0.855. The van der Waals surface area contributed by atoms with Gasteiger partial charge in [-0.15, -0.1) is 5.10 Å². The van der Waals surface area contributed by atoms with Crippen LogP contribution in [0.5, 0.6) is 5.88 Å². The topological polar surface area (TPSA) is 99.4 Å². The van der Waals surface area contributed by atoms with E-state index in [4.69, 9.17) is 0 Å². The number of anilines is 1. The summed E-state index contributed by atoms with van der Waals surface area (Å²) < 4.78 is 0. The third kappa shape index (κ3) is 2.26. The van der Waals surface area contributed by atoms with E-state index in [1.807, 2.05) is 18.7 Å². The van der Waals surface area contributed by atoms with Gasteiger partial charge < -0.3 is 15.1 Å². The standard InChI is InChI=1S/C12H14N4O3/c1-3-16(4-2)10-8(12(18)19)5-7-9(14-10)6-13-15-11(7)17/h5-6H,3-4H2,1-2H3,(H,15,17)(H,18,19). The summed E-state index contributed by atoms with van der Waals surface area (Å²) in [7, 11) is 0. The molecule has 0 aliphatic carbocycles. The van der Waals surface area contributed by atoms with Gasteiger partial charge in [0.05, 0.1) is 17.1 Å². The van der Waals surface area contributed by atoms with Crippen molar-refractivity contribution >= 4 is 22.7 Å². The van der Waals surface area contributed by atoms with Crippen molar-refractivity contribution in [1.82, 2.24) is 15.2 Å². The van der Waals surface area contributed by atoms with Crippen LogP contribution in [-0.2, 0) is 0 Å². The highest BCUT2D eigenvalue weighted by molar-refractivity contribution is 5.99. The molecular formula is C12H14N4O3. The molecule has 0 fully saturated rings. The zero-order valence-electron chi connectivity index (χ0n) is 10.7. The molecule has 0 unspecified atom stereocenters. The average Bonchev–Trinajstić information content (AvgIpc) is 2.39. The van der Waals surface area contributed by atoms with Crippen molar-refractivity contribution in [2.75, 3.05) is 18.0 Å². The van der Waals surface area contributed by atoms with Gasteiger partial charge in [0.2, 0.25) is 5.88 Å². The van der Waals surface area contributed by atoms with Gasteiger partial charge in [-0.1, -0.05) is 0 Å². The Kier molecular flexibility index (Phi) is 3.46. The Morgan fingerprint density at radius 1 is 1.37 bits per heavy atom. The summed E-state index contributed by atoms with van der Waals surface area (Å²) >= 11 is 0. The number of hydrogen-bond donors (Lipinski definition) is 2. The lowest BCUT2D eigenvalue weighted by Gasteiger charge is -2.21. The van der Waals surface area contributed by atoms with E-state index < -0.39 is 5.97 Å². The van der Waals surface area contributed by atoms with Crippen molar-refractivity contribution < 1.29 is 15.0 Å². The largest absolute Gasteiger partial charge is 0.492 e. The summed E-state index contributed by atoms with van der Waals surface area (Å²) in [5.74, 6) is -1.04. The Hall–Kier alpha value is -2.44. The molecule has 0 amide bonds. The van der Waals surface area contributed by atoms with Gasteiger partial charge in [-0.05, 0) is 19.9 Å². The zero-order valence-corrected chi connectivity index (χ0v) is 10.7. The molecule has 0 saturated heterocycles. The third-order valence-corrected chi connectivity index (χ3v) is 2.90. The molecule has 0 saturated carbocycles. The van der Waals surface area contributed by atoms with E-state index in [9.17, 15) is 15.0 Å². The van der Waals surface area contributed by atoms with Crippen LogP contribution in [0.4, 0.5) is 5.82 Å². The maximum Gasteiger partial charge on any atom is 0.339 e. The predicted molar refractivity (Wildman–Crippen MR) is 69.5 cm³/mol. The van der Waals surface area contributed by atoms with E-state index in [2.05, 4.69) is 15.2 Å². The summed E-state index contributed by atoms with van der Waals surface area (Å²) in [6, 6.07) is 1.38. The first-order chi connectivity index (χ1) is 9.08. The number of carboxylic acid groups (broad SMARTS) is 1. The number of aromatic carboxylic acids is 1. The first kappa shape index (κ1) is 13.0. The normalized spacial score (nSPS) is 10.6. The maximum absolute atomic E-state index is 11.3.